The average Bonchev–Trinajstić information content (AvgIpc) is 2.44. The van der Waals surface area contributed by atoms with Gasteiger partial charge >= 0.3 is 0 Å². The summed E-state index contributed by atoms with van der Waals surface area (Å²) < 4.78 is 56.9. The predicted molar refractivity (Wildman–Crippen MR) is 81.3 cm³/mol. The molecule has 114 valence electrons. The number of hydrogen-bond acceptors (Lipinski definition) is 3. The van der Waals surface area contributed by atoms with Crippen molar-refractivity contribution in [3.05, 3.63) is 48.0 Å². The highest BCUT2D eigenvalue weighted by molar-refractivity contribution is 7.92. The summed E-state index contributed by atoms with van der Waals surface area (Å²) in [6, 6.07) is 7.06. The van der Waals surface area contributed by atoms with Gasteiger partial charge in [-0.1, -0.05) is 5.46 Å². The second-order valence-electron chi connectivity index (χ2n) is 4.43. The van der Waals surface area contributed by atoms with E-state index in [0.717, 1.165) is 12.1 Å². The standard InChI is InChI=1S/C14H12BF2NO3S/c1-2-22(19,20)18-10-4-6-13(11(15)8-10)21-14-5-3-9(16)7-12(14)17/h3-8,18H,2H2,1H3. The Bertz CT molecular complexity index is 797. The summed E-state index contributed by atoms with van der Waals surface area (Å²) in [5, 5.41) is 0. The number of nitrogens with one attached hydrogen (secondary N) is 1. The summed E-state index contributed by atoms with van der Waals surface area (Å²) in [6.45, 7) is 1.50. The molecule has 0 heterocycles. The number of hydrogen-bond donors (Lipinski definition) is 1. The molecule has 0 fully saturated rings. The van der Waals surface area contributed by atoms with E-state index in [9.17, 15) is 17.2 Å². The minimum Gasteiger partial charge on any atom is -0.455 e. The number of rotatable bonds is 5. The van der Waals surface area contributed by atoms with Crippen LogP contribution in [0.1, 0.15) is 6.92 Å². The van der Waals surface area contributed by atoms with Gasteiger partial charge in [0.25, 0.3) is 0 Å². The highest BCUT2D eigenvalue weighted by atomic mass is 32.2. The van der Waals surface area contributed by atoms with Crippen molar-refractivity contribution < 1.29 is 21.9 Å². The Kier molecular flexibility index (Phi) is 4.70. The van der Waals surface area contributed by atoms with Gasteiger partial charge in [0, 0.05) is 11.8 Å². The number of anilines is 1. The molecule has 2 aromatic rings. The lowest BCUT2D eigenvalue weighted by molar-refractivity contribution is 0.440. The quantitative estimate of drug-likeness (QED) is 0.859. The van der Waals surface area contributed by atoms with Crippen molar-refractivity contribution >= 4 is 29.0 Å². The summed E-state index contributed by atoms with van der Waals surface area (Å²) >= 11 is 0. The summed E-state index contributed by atoms with van der Waals surface area (Å²) in [5.41, 5.74) is 0.381. The van der Waals surface area contributed by atoms with Crippen LogP contribution in [0.15, 0.2) is 36.4 Å². The zero-order valence-corrected chi connectivity index (χ0v) is 12.5. The molecule has 2 rings (SSSR count). The Hall–Kier alpha value is -2.09. The molecule has 0 saturated carbocycles. The summed E-state index contributed by atoms with van der Waals surface area (Å²) in [7, 11) is 2.33. The molecule has 0 aromatic heterocycles. The van der Waals surface area contributed by atoms with E-state index >= 15 is 0 Å². The van der Waals surface area contributed by atoms with E-state index in [1.54, 1.807) is 0 Å². The van der Waals surface area contributed by atoms with Gasteiger partial charge in [-0.05, 0) is 37.3 Å². The molecule has 2 aromatic carbocycles. The van der Waals surface area contributed by atoms with E-state index in [1.165, 1.54) is 25.1 Å². The Labute approximate surface area is 128 Å². The van der Waals surface area contributed by atoms with Crippen molar-refractivity contribution in [1.29, 1.82) is 0 Å². The van der Waals surface area contributed by atoms with Crippen LogP contribution in [0.25, 0.3) is 0 Å². The molecule has 0 amide bonds. The zero-order valence-electron chi connectivity index (χ0n) is 11.6. The summed E-state index contributed by atoms with van der Waals surface area (Å²) in [4.78, 5) is 0. The largest absolute Gasteiger partial charge is 0.455 e. The van der Waals surface area contributed by atoms with Gasteiger partial charge in [-0.15, -0.1) is 0 Å². The maximum Gasteiger partial charge on any atom is 0.232 e. The van der Waals surface area contributed by atoms with Crippen LogP contribution in [0.5, 0.6) is 11.5 Å². The van der Waals surface area contributed by atoms with Crippen molar-refractivity contribution in [2.24, 2.45) is 0 Å². The fraction of sp³-hybridized carbons (Fsp3) is 0.143. The molecule has 0 aliphatic carbocycles. The minimum atomic E-state index is -3.42. The molecular formula is C14H12BF2NO3S. The fourth-order valence-corrected chi connectivity index (χ4v) is 2.26. The Morgan fingerprint density at radius 1 is 1.14 bits per heavy atom. The van der Waals surface area contributed by atoms with Crippen LogP contribution in [0.2, 0.25) is 0 Å². The monoisotopic (exact) mass is 323 g/mol. The van der Waals surface area contributed by atoms with Crippen LogP contribution in [0, 0.1) is 11.6 Å². The molecule has 1 N–H and O–H groups in total. The highest BCUT2D eigenvalue weighted by Gasteiger charge is 2.10. The van der Waals surface area contributed by atoms with E-state index in [-0.39, 0.29) is 28.4 Å². The minimum absolute atomic E-state index is 0.0774. The first-order valence-electron chi connectivity index (χ1n) is 6.33. The molecule has 8 heteroatoms. The Morgan fingerprint density at radius 3 is 2.41 bits per heavy atom. The first-order chi connectivity index (χ1) is 10.3. The molecule has 2 radical (unpaired) electrons. The molecule has 0 aliphatic rings. The first kappa shape index (κ1) is 16.3. The molecular weight excluding hydrogens is 311 g/mol. The van der Waals surface area contributed by atoms with Crippen LogP contribution in [-0.2, 0) is 10.0 Å². The average molecular weight is 323 g/mol. The van der Waals surface area contributed by atoms with Crippen molar-refractivity contribution in [3.63, 3.8) is 0 Å². The van der Waals surface area contributed by atoms with Crippen LogP contribution in [-0.4, -0.2) is 22.0 Å². The Morgan fingerprint density at radius 2 is 1.82 bits per heavy atom. The van der Waals surface area contributed by atoms with Crippen LogP contribution in [0.4, 0.5) is 14.5 Å². The summed E-state index contributed by atoms with van der Waals surface area (Å²) in [6.07, 6.45) is 0. The molecule has 0 saturated heterocycles. The lowest BCUT2D eigenvalue weighted by Crippen LogP contribution is -2.16. The smallest absolute Gasteiger partial charge is 0.232 e. The molecule has 0 unspecified atom stereocenters. The third-order valence-corrected chi connectivity index (χ3v) is 4.08. The third kappa shape index (κ3) is 3.97. The maximum atomic E-state index is 13.5. The fourth-order valence-electron chi connectivity index (χ4n) is 1.63. The van der Waals surface area contributed by atoms with E-state index < -0.39 is 21.7 Å². The molecule has 22 heavy (non-hydrogen) atoms. The van der Waals surface area contributed by atoms with Gasteiger partial charge in [0.1, 0.15) is 19.4 Å². The van der Waals surface area contributed by atoms with Gasteiger partial charge in [-0.2, -0.15) is 0 Å². The van der Waals surface area contributed by atoms with Gasteiger partial charge in [-0.25, -0.2) is 17.2 Å². The van der Waals surface area contributed by atoms with E-state index in [1.807, 2.05) is 0 Å². The van der Waals surface area contributed by atoms with E-state index in [0.29, 0.717) is 6.07 Å². The van der Waals surface area contributed by atoms with Crippen LogP contribution < -0.4 is 14.9 Å². The number of ether oxygens (including phenoxy) is 1. The number of benzene rings is 2. The molecule has 4 nitrogen and oxygen atoms in total. The van der Waals surface area contributed by atoms with Gasteiger partial charge in [0.2, 0.25) is 10.0 Å². The SMILES string of the molecule is [B]c1cc(NS(=O)(=O)CC)ccc1Oc1ccc(F)cc1F. The first-order valence-corrected chi connectivity index (χ1v) is 7.99. The van der Waals surface area contributed by atoms with Gasteiger partial charge in [0.15, 0.2) is 11.6 Å². The number of sulfonamides is 1. The number of halogens is 2. The van der Waals surface area contributed by atoms with Crippen molar-refractivity contribution in [2.45, 2.75) is 6.92 Å². The van der Waals surface area contributed by atoms with Gasteiger partial charge in [-0.3, -0.25) is 4.72 Å². The van der Waals surface area contributed by atoms with E-state index in [4.69, 9.17) is 12.6 Å². The topological polar surface area (TPSA) is 55.4 Å². The molecule has 0 aliphatic heterocycles. The lowest BCUT2D eigenvalue weighted by atomic mass is 9.94. The highest BCUT2D eigenvalue weighted by Crippen LogP contribution is 2.24. The van der Waals surface area contributed by atoms with Crippen molar-refractivity contribution in [2.75, 3.05) is 10.5 Å². The van der Waals surface area contributed by atoms with Crippen molar-refractivity contribution in [1.82, 2.24) is 0 Å². The van der Waals surface area contributed by atoms with Crippen LogP contribution in [0.3, 0.4) is 0 Å². The summed E-state index contributed by atoms with van der Waals surface area (Å²) in [5.74, 6) is -1.72. The lowest BCUT2D eigenvalue weighted by Gasteiger charge is -2.12. The predicted octanol–water partition coefficient (Wildman–Crippen LogP) is 2.31. The molecule has 0 bridgehead atoms. The maximum absolute atomic E-state index is 13.5. The molecule has 0 atom stereocenters. The van der Waals surface area contributed by atoms with Crippen molar-refractivity contribution in [3.8, 4) is 11.5 Å². The molecule has 0 spiro atoms. The second kappa shape index (κ2) is 6.35. The third-order valence-electron chi connectivity index (χ3n) is 2.78. The van der Waals surface area contributed by atoms with Gasteiger partial charge in [0.05, 0.1) is 5.75 Å². The zero-order chi connectivity index (χ0) is 16.3. The normalized spacial score (nSPS) is 11.2. The Balaban J connectivity index is 2.23. The van der Waals surface area contributed by atoms with E-state index in [2.05, 4.69) is 4.72 Å². The second-order valence-corrected chi connectivity index (χ2v) is 6.45. The van der Waals surface area contributed by atoms with Gasteiger partial charge < -0.3 is 4.74 Å². The van der Waals surface area contributed by atoms with Crippen LogP contribution >= 0.6 is 0 Å².